The fraction of sp³-hybridized carbons (Fsp3) is 0.364. The summed E-state index contributed by atoms with van der Waals surface area (Å²) in [5, 5.41) is 8.76. The van der Waals surface area contributed by atoms with Gasteiger partial charge in [0.2, 0.25) is 0 Å². The van der Waals surface area contributed by atoms with Gasteiger partial charge in [-0.1, -0.05) is 6.07 Å². The molecule has 0 heterocycles. The van der Waals surface area contributed by atoms with Crippen molar-refractivity contribution in [3.63, 3.8) is 0 Å². The Morgan fingerprint density at radius 3 is 2.56 bits per heavy atom. The lowest BCUT2D eigenvalue weighted by molar-refractivity contribution is -0.137. The van der Waals surface area contributed by atoms with Crippen molar-refractivity contribution in [2.75, 3.05) is 0 Å². The minimum absolute atomic E-state index is 0.109. The minimum atomic E-state index is -0.961. The molecule has 0 aliphatic heterocycles. The van der Waals surface area contributed by atoms with E-state index in [0.29, 0.717) is 18.4 Å². The lowest BCUT2D eigenvalue weighted by atomic mass is 9.92. The van der Waals surface area contributed by atoms with E-state index in [-0.39, 0.29) is 10.9 Å². The number of carboxylic acid groups (broad SMARTS) is 1. The first kappa shape index (κ1) is 11.5. The standard InChI is InChI=1S/C11H9BrF2O2/c12-9-7(13)2-1-6(10(9)14)11(3-4-11)5-8(15)16/h1-2H,3-5H2,(H,15,16). The molecule has 0 aromatic heterocycles. The highest BCUT2D eigenvalue weighted by atomic mass is 79.9. The maximum Gasteiger partial charge on any atom is 0.304 e. The van der Waals surface area contributed by atoms with E-state index in [4.69, 9.17) is 5.11 Å². The summed E-state index contributed by atoms with van der Waals surface area (Å²) in [6.45, 7) is 0. The van der Waals surface area contributed by atoms with Crippen LogP contribution in [0.15, 0.2) is 16.6 Å². The van der Waals surface area contributed by atoms with Crippen LogP contribution in [0.25, 0.3) is 0 Å². The SMILES string of the molecule is O=C(O)CC1(c2ccc(F)c(Br)c2F)CC1. The third-order valence-corrected chi connectivity index (χ3v) is 3.68. The molecule has 0 atom stereocenters. The summed E-state index contributed by atoms with van der Waals surface area (Å²) in [5.41, 5.74) is -0.338. The molecule has 1 aliphatic carbocycles. The summed E-state index contributed by atoms with van der Waals surface area (Å²) in [6, 6.07) is 2.50. The number of carboxylic acids is 1. The average Bonchev–Trinajstić information content (AvgIpc) is 2.94. The van der Waals surface area contributed by atoms with Gasteiger partial charge in [0.1, 0.15) is 11.6 Å². The van der Waals surface area contributed by atoms with Crippen molar-refractivity contribution < 1.29 is 18.7 Å². The highest BCUT2D eigenvalue weighted by molar-refractivity contribution is 9.10. The van der Waals surface area contributed by atoms with Crippen molar-refractivity contribution in [2.45, 2.75) is 24.7 Å². The van der Waals surface area contributed by atoms with Gasteiger partial charge in [0.15, 0.2) is 0 Å². The van der Waals surface area contributed by atoms with Gasteiger partial charge in [-0.2, -0.15) is 0 Å². The van der Waals surface area contributed by atoms with Gasteiger partial charge in [0, 0.05) is 5.41 Å². The van der Waals surface area contributed by atoms with E-state index in [0.717, 1.165) is 6.07 Å². The first-order chi connectivity index (χ1) is 7.46. The summed E-state index contributed by atoms with van der Waals surface area (Å²) < 4.78 is 26.6. The Bertz CT molecular complexity index is 456. The van der Waals surface area contributed by atoms with E-state index >= 15 is 0 Å². The lowest BCUT2D eigenvalue weighted by Crippen LogP contribution is -2.15. The number of hydrogen-bond acceptors (Lipinski definition) is 1. The van der Waals surface area contributed by atoms with Gasteiger partial charge in [-0.3, -0.25) is 4.79 Å². The molecule has 0 unspecified atom stereocenters. The molecule has 1 aliphatic rings. The van der Waals surface area contributed by atoms with E-state index in [9.17, 15) is 13.6 Å². The Morgan fingerprint density at radius 2 is 2.06 bits per heavy atom. The normalized spacial score (nSPS) is 17.2. The van der Waals surface area contributed by atoms with Crippen molar-refractivity contribution in [2.24, 2.45) is 0 Å². The Kier molecular flexibility index (Phi) is 2.74. The third kappa shape index (κ3) is 1.84. The predicted octanol–water partition coefficient (Wildman–Crippen LogP) is 3.23. The highest BCUT2D eigenvalue weighted by Gasteiger charge is 2.48. The lowest BCUT2D eigenvalue weighted by Gasteiger charge is -2.14. The van der Waals surface area contributed by atoms with Crippen molar-refractivity contribution in [3.05, 3.63) is 33.8 Å². The van der Waals surface area contributed by atoms with E-state index < -0.39 is 23.0 Å². The van der Waals surface area contributed by atoms with Gasteiger partial charge in [-0.25, -0.2) is 8.78 Å². The summed E-state index contributed by atoms with van der Waals surface area (Å²) >= 11 is 2.82. The van der Waals surface area contributed by atoms with Crippen LogP contribution in [-0.2, 0) is 10.2 Å². The van der Waals surface area contributed by atoms with Crippen molar-refractivity contribution in [3.8, 4) is 0 Å². The molecular formula is C11H9BrF2O2. The molecule has 0 saturated heterocycles. The van der Waals surface area contributed by atoms with Crippen LogP contribution in [0.2, 0.25) is 0 Å². The maximum absolute atomic E-state index is 13.8. The Morgan fingerprint density at radius 1 is 1.44 bits per heavy atom. The molecule has 5 heteroatoms. The molecule has 0 radical (unpaired) electrons. The average molecular weight is 291 g/mol. The number of carbonyl (C=O) groups is 1. The summed E-state index contributed by atoms with van der Waals surface area (Å²) in [6.07, 6.45) is 1.16. The molecule has 2 nitrogen and oxygen atoms in total. The number of rotatable bonds is 3. The van der Waals surface area contributed by atoms with E-state index in [2.05, 4.69) is 15.9 Å². The first-order valence-electron chi connectivity index (χ1n) is 4.82. The first-order valence-corrected chi connectivity index (χ1v) is 5.61. The second kappa shape index (κ2) is 3.80. The van der Waals surface area contributed by atoms with Crippen LogP contribution in [0.5, 0.6) is 0 Å². The summed E-state index contributed by atoms with van der Waals surface area (Å²) in [7, 11) is 0. The molecule has 16 heavy (non-hydrogen) atoms. The van der Waals surface area contributed by atoms with Crippen LogP contribution in [-0.4, -0.2) is 11.1 Å². The van der Waals surface area contributed by atoms with Gasteiger partial charge in [0.25, 0.3) is 0 Å². The fourth-order valence-electron chi connectivity index (χ4n) is 1.92. The van der Waals surface area contributed by atoms with Gasteiger partial charge < -0.3 is 5.11 Å². The van der Waals surface area contributed by atoms with Crippen LogP contribution in [0.4, 0.5) is 8.78 Å². The van der Waals surface area contributed by atoms with Crippen LogP contribution >= 0.6 is 15.9 Å². The number of hydrogen-bond donors (Lipinski definition) is 1. The van der Waals surface area contributed by atoms with Crippen molar-refractivity contribution in [1.29, 1.82) is 0 Å². The molecule has 1 aromatic rings. The molecule has 1 N–H and O–H groups in total. The van der Waals surface area contributed by atoms with E-state index in [1.54, 1.807) is 0 Å². The van der Waals surface area contributed by atoms with Crippen molar-refractivity contribution >= 4 is 21.9 Å². The molecule has 0 bridgehead atoms. The fourth-order valence-corrected chi connectivity index (χ4v) is 2.26. The number of aliphatic carboxylic acids is 1. The van der Waals surface area contributed by atoms with E-state index in [1.165, 1.54) is 6.07 Å². The van der Waals surface area contributed by atoms with Gasteiger partial charge in [0.05, 0.1) is 10.9 Å². The van der Waals surface area contributed by atoms with E-state index in [1.807, 2.05) is 0 Å². The zero-order valence-corrected chi connectivity index (χ0v) is 9.85. The third-order valence-electron chi connectivity index (χ3n) is 2.95. The zero-order chi connectivity index (χ0) is 11.9. The molecule has 1 saturated carbocycles. The van der Waals surface area contributed by atoms with Crippen LogP contribution in [0.1, 0.15) is 24.8 Å². The van der Waals surface area contributed by atoms with Crippen LogP contribution in [0.3, 0.4) is 0 Å². The monoisotopic (exact) mass is 290 g/mol. The predicted molar refractivity (Wildman–Crippen MR) is 57.2 cm³/mol. The Labute approximate surface area is 99.4 Å². The molecule has 0 spiro atoms. The summed E-state index contributed by atoms with van der Waals surface area (Å²) in [5.74, 6) is -2.32. The zero-order valence-electron chi connectivity index (χ0n) is 8.27. The van der Waals surface area contributed by atoms with Crippen molar-refractivity contribution in [1.82, 2.24) is 0 Å². The Hall–Kier alpha value is -0.970. The smallest absolute Gasteiger partial charge is 0.304 e. The molecule has 1 aromatic carbocycles. The summed E-state index contributed by atoms with van der Waals surface area (Å²) in [4.78, 5) is 10.7. The van der Waals surface area contributed by atoms with Gasteiger partial charge in [-0.05, 0) is 40.4 Å². The quantitative estimate of drug-likeness (QED) is 0.868. The van der Waals surface area contributed by atoms with Crippen LogP contribution in [0, 0.1) is 11.6 Å². The molecule has 0 amide bonds. The topological polar surface area (TPSA) is 37.3 Å². The van der Waals surface area contributed by atoms with Gasteiger partial charge >= 0.3 is 5.97 Å². The largest absolute Gasteiger partial charge is 0.481 e. The highest BCUT2D eigenvalue weighted by Crippen LogP contribution is 2.52. The maximum atomic E-state index is 13.8. The Balaban J connectivity index is 2.42. The second-order valence-corrected chi connectivity index (χ2v) is 4.87. The minimum Gasteiger partial charge on any atom is -0.481 e. The molecular weight excluding hydrogens is 282 g/mol. The van der Waals surface area contributed by atoms with Crippen LogP contribution < -0.4 is 0 Å². The van der Waals surface area contributed by atoms with Gasteiger partial charge in [-0.15, -0.1) is 0 Å². The molecule has 1 fully saturated rings. The number of benzene rings is 1. The number of halogens is 3. The second-order valence-electron chi connectivity index (χ2n) is 4.07. The molecule has 86 valence electrons. The molecule has 2 rings (SSSR count).